The van der Waals surface area contributed by atoms with Gasteiger partial charge in [0, 0.05) is 86.7 Å². The van der Waals surface area contributed by atoms with Crippen LogP contribution >= 0.6 is 31.9 Å². The van der Waals surface area contributed by atoms with Gasteiger partial charge in [-0.1, -0.05) is 78.9 Å². The molecule has 13 rings (SSSR count). The van der Waals surface area contributed by atoms with E-state index in [2.05, 4.69) is 87.7 Å². The van der Waals surface area contributed by atoms with Crippen LogP contribution in [0, 0.1) is 0 Å². The summed E-state index contributed by atoms with van der Waals surface area (Å²) >= 11 is 6.45. The summed E-state index contributed by atoms with van der Waals surface area (Å²) in [6.45, 7) is 13.4. The summed E-state index contributed by atoms with van der Waals surface area (Å²) in [5.41, 5.74) is 23.6. The first kappa shape index (κ1) is 74.3. The van der Waals surface area contributed by atoms with Gasteiger partial charge in [-0.2, -0.15) is 4.90 Å². The number of nitrogens with one attached hydrogen (secondary N) is 1. The SMILES string of the molecule is CC(C)(C)OC(=O)N(C(=O)OC(C)(C)C)c1ncc(Br)cc1-c1nnc(-c2ccccc2)o1.Nc1ncc(-c2ccc(C(=O)N3CCCNCC3)cc2)cc1-c1nnc(-c2ccccc2)o1.Nc1ncc(-c2ccc(C(=O)O)cc2)cc1-c1nnc(-c2ccccc2)o1.Nc1ncc(Br)cc1C(=O)O. The van der Waals surface area contributed by atoms with Crippen molar-refractivity contribution < 1.29 is 56.9 Å². The molecular weight excluding hydrogens is 1460 g/mol. The number of nitrogens with zero attached hydrogens (tertiary/aromatic N) is 12. The lowest BCUT2D eigenvalue weighted by Gasteiger charge is -2.28. The van der Waals surface area contributed by atoms with E-state index in [1.165, 1.54) is 30.6 Å². The van der Waals surface area contributed by atoms with Crippen molar-refractivity contribution >= 4 is 85.2 Å². The Hall–Kier alpha value is -12.4. The highest BCUT2D eigenvalue weighted by atomic mass is 79.9. The van der Waals surface area contributed by atoms with Gasteiger partial charge in [-0.3, -0.25) is 4.79 Å². The molecule has 0 atom stereocenters. The number of rotatable bonds is 12. The standard InChI is InChI=1S/C25H24N6O2.C23H25BrN4O5.C20H14N4O3.C6H5BrN2O2/c26-22-21(24-30-29-23(33-24)18-5-2-1-3-6-18)15-20(16-28-22)17-7-9-19(10-8-17)25(32)31-13-4-11-27-12-14-31;1-22(2,3)32-20(29)28(21(30)33-23(4,5)6)17-16(12-15(24)13-25-17)19-27-26-18(31-19)14-10-8-7-9-11-14;21-17-16(19-24-23-18(27-19)13-4-2-1-3-5-13)10-15(11-22-17)12-6-8-14(9-7-12)20(25)26;7-3-1-4(6(10)11)5(8)9-2-3/h1-3,5-10,15-16,27H,4,11-14H2,(H2,26,28);7-13H,1-6H3;1-11H,(H2,21,22)(H,25,26);1-2H,(H2,8,9)(H,10,11). The van der Waals surface area contributed by atoms with E-state index in [1.54, 1.807) is 78.2 Å². The lowest BCUT2D eigenvalue weighted by atomic mass is 10.0. The van der Waals surface area contributed by atoms with Gasteiger partial charge in [-0.25, -0.2) is 39.1 Å². The molecule has 0 unspecified atom stereocenters. The number of ether oxygens (including phenoxy) is 2. The topological polar surface area (TPSA) is 409 Å². The molecule has 7 aromatic heterocycles. The zero-order valence-electron chi connectivity index (χ0n) is 56.8. The maximum atomic E-state index is 13.1. The Kier molecular flexibility index (Phi) is 23.8. The Morgan fingerprint density at radius 3 is 1.28 bits per heavy atom. The second-order valence-corrected chi connectivity index (χ2v) is 26.5. The molecule has 5 aromatic carbocycles. The normalized spacial score (nSPS) is 12.0. The molecule has 28 nitrogen and oxygen atoms in total. The molecule has 8 heterocycles. The van der Waals surface area contributed by atoms with Crippen LogP contribution in [0.4, 0.5) is 32.9 Å². The van der Waals surface area contributed by atoms with E-state index in [0.717, 1.165) is 76.4 Å². The first-order chi connectivity index (χ1) is 49.7. The van der Waals surface area contributed by atoms with E-state index in [9.17, 15) is 24.0 Å². The average Bonchev–Trinajstić information content (AvgIpc) is 1.23. The molecule has 104 heavy (non-hydrogen) atoms. The van der Waals surface area contributed by atoms with E-state index in [1.807, 2.05) is 126 Å². The predicted molar refractivity (Wildman–Crippen MR) is 395 cm³/mol. The summed E-state index contributed by atoms with van der Waals surface area (Å²) in [5, 5.41) is 45.5. The van der Waals surface area contributed by atoms with Gasteiger partial charge in [-0.15, -0.1) is 30.6 Å². The lowest BCUT2D eigenvalue weighted by Crippen LogP contribution is -2.44. The summed E-state index contributed by atoms with van der Waals surface area (Å²) in [6, 6.07) is 48.9. The zero-order chi connectivity index (χ0) is 74.2. The first-order valence-electron chi connectivity index (χ1n) is 31.9. The zero-order valence-corrected chi connectivity index (χ0v) is 59.9. The van der Waals surface area contributed by atoms with Gasteiger partial charge in [0.1, 0.15) is 34.2 Å². The number of aromatic nitrogens is 10. The summed E-state index contributed by atoms with van der Waals surface area (Å²) < 4.78 is 29.6. The Bertz CT molecular complexity index is 4960. The van der Waals surface area contributed by atoms with Crippen LogP contribution in [0.3, 0.4) is 0 Å². The maximum Gasteiger partial charge on any atom is 0.425 e. The van der Waals surface area contributed by atoms with Crippen molar-refractivity contribution in [1.29, 1.82) is 0 Å². The van der Waals surface area contributed by atoms with Crippen LogP contribution in [0.15, 0.2) is 211 Å². The van der Waals surface area contributed by atoms with Crippen molar-refractivity contribution in [2.75, 3.05) is 48.3 Å². The smallest absolute Gasteiger partial charge is 0.425 e. The summed E-state index contributed by atoms with van der Waals surface area (Å²) in [6.07, 6.45) is 5.27. The van der Waals surface area contributed by atoms with Crippen LogP contribution in [-0.4, -0.2) is 133 Å². The van der Waals surface area contributed by atoms with Crippen molar-refractivity contribution in [1.82, 2.24) is 60.7 Å². The monoisotopic (exact) mass is 1530 g/mol. The van der Waals surface area contributed by atoms with Gasteiger partial charge in [0.05, 0.1) is 22.3 Å². The van der Waals surface area contributed by atoms with Gasteiger partial charge in [0.2, 0.25) is 17.7 Å². The molecule has 0 radical (unpaired) electrons. The molecule has 1 fully saturated rings. The van der Waals surface area contributed by atoms with Crippen molar-refractivity contribution in [2.24, 2.45) is 0 Å². The van der Waals surface area contributed by atoms with Crippen molar-refractivity contribution in [3.8, 4) is 91.0 Å². The van der Waals surface area contributed by atoms with Gasteiger partial charge >= 0.3 is 24.1 Å². The second-order valence-electron chi connectivity index (χ2n) is 24.7. The third kappa shape index (κ3) is 19.6. The number of carbonyl (C=O) groups is 5. The van der Waals surface area contributed by atoms with Crippen molar-refractivity contribution in [3.63, 3.8) is 0 Å². The molecule has 0 bridgehead atoms. The minimum absolute atomic E-state index is 0.0133. The molecule has 1 saturated heterocycles. The molecule has 9 N–H and O–H groups in total. The van der Waals surface area contributed by atoms with E-state index in [4.69, 9.17) is 50.1 Å². The third-order valence-electron chi connectivity index (χ3n) is 14.7. The van der Waals surface area contributed by atoms with Crippen LogP contribution in [-0.2, 0) is 9.47 Å². The molecule has 3 amide bonds. The van der Waals surface area contributed by atoms with E-state index in [0.29, 0.717) is 49.1 Å². The number of carboxylic acids is 2. The van der Waals surface area contributed by atoms with Gasteiger partial charge in [-0.05, 0) is 182 Å². The highest BCUT2D eigenvalue weighted by Crippen LogP contribution is 2.36. The molecule has 12 aromatic rings. The molecule has 0 spiro atoms. The second kappa shape index (κ2) is 33.4. The predicted octanol–water partition coefficient (Wildman–Crippen LogP) is 14.6. The Morgan fingerprint density at radius 2 is 0.856 bits per heavy atom. The summed E-state index contributed by atoms with van der Waals surface area (Å²) in [7, 11) is 0. The molecule has 1 aliphatic heterocycles. The number of nitrogens with two attached hydrogens (primary N) is 3. The minimum atomic E-state index is -1.07. The summed E-state index contributed by atoms with van der Waals surface area (Å²) in [4.78, 5) is 79.5. The number of nitrogen functional groups attached to an aromatic ring is 3. The Morgan fingerprint density at radius 1 is 0.452 bits per heavy atom. The first-order valence-corrected chi connectivity index (χ1v) is 33.5. The highest BCUT2D eigenvalue weighted by molar-refractivity contribution is 9.10. The fourth-order valence-electron chi connectivity index (χ4n) is 9.79. The Labute approximate surface area is 612 Å². The van der Waals surface area contributed by atoms with E-state index >= 15 is 0 Å². The fourth-order valence-corrected chi connectivity index (χ4v) is 10.5. The summed E-state index contributed by atoms with van der Waals surface area (Å²) in [5.74, 6) is 0.271. The number of aromatic carboxylic acids is 2. The number of imide groups is 1. The van der Waals surface area contributed by atoms with Crippen LogP contribution in [0.25, 0.3) is 91.0 Å². The number of carboxylic acid groups (broad SMARTS) is 2. The van der Waals surface area contributed by atoms with Crippen LogP contribution in [0.2, 0.25) is 0 Å². The fraction of sp³-hybridized carbons (Fsp3) is 0.176. The van der Waals surface area contributed by atoms with Crippen molar-refractivity contribution in [3.05, 3.63) is 214 Å². The largest absolute Gasteiger partial charge is 0.478 e. The van der Waals surface area contributed by atoms with Crippen LogP contribution < -0.4 is 27.4 Å². The number of benzene rings is 5. The molecular formula is C74H68Br2N16O12. The van der Waals surface area contributed by atoms with Gasteiger partial charge < -0.3 is 60.4 Å². The number of hydrogen-bond donors (Lipinski definition) is 6. The molecule has 0 aliphatic carbocycles. The minimum Gasteiger partial charge on any atom is -0.478 e. The van der Waals surface area contributed by atoms with Crippen LogP contribution in [0.1, 0.15) is 79.0 Å². The maximum absolute atomic E-state index is 13.1. The molecule has 0 saturated carbocycles. The number of halogens is 2. The molecule has 30 heteroatoms. The number of anilines is 4. The number of amides is 3. The van der Waals surface area contributed by atoms with Crippen molar-refractivity contribution in [2.45, 2.75) is 59.2 Å². The average molecular weight is 1530 g/mol. The molecule has 530 valence electrons. The van der Waals surface area contributed by atoms with Crippen LogP contribution in [0.5, 0.6) is 0 Å². The number of hydrogen-bond acceptors (Lipinski definition) is 24. The third-order valence-corrected chi connectivity index (χ3v) is 15.6. The number of pyridine rings is 4. The van der Waals surface area contributed by atoms with Gasteiger partial charge in [0.25, 0.3) is 23.6 Å². The Balaban J connectivity index is 0.000000156. The van der Waals surface area contributed by atoms with E-state index in [-0.39, 0.29) is 57.7 Å². The van der Waals surface area contributed by atoms with Gasteiger partial charge in [0.15, 0.2) is 5.82 Å². The lowest BCUT2D eigenvalue weighted by molar-refractivity contribution is 0.0427. The highest BCUT2D eigenvalue weighted by Gasteiger charge is 2.37. The number of carbonyl (C=O) groups excluding carboxylic acids is 3. The quantitative estimate of drug-likeness (QED) is 0.0661. The van der Waals surface area contributed by atoms with E-state index < -0.39 is 35.3 Å². The molecule has 1 aliphatic rings.